The van der Waals surface area contributed by atoms with Crippen molar-refractivity contribution in [2.75, 3.05) is 13.1 Å². The quantitative estimate of drug-likeness (QED) is 0.901. The molecule has 0 unspecified atom stereocenters. The molecule has 0 spiro atoms. The van der Waals surface area contributed by atoms with Crippen molar-refractivity contribution in [2.45, 2.75) is 18.9 Å². The van der Waals surface area contributed by atoms with E-state index in [0.29, 0.717) is 13.1 Å². The van der Waals surface area contributed by atoms with Crippen LogP contribution in [0.25, 0.3) is 0 Å². The van der Waals surface area contributed by atoms with Gasteiger partial charge >= 0.3 is 5.97 Å². The number of aliphatic carboxylic acids is 1. The van der Waals surface area contributed by atoms with Crippen LogP contribution in [0, 0.1) is 17.6 Å². The summed E-state index contributed by atoms with van der Waals surface area (Å²) in [5.41, 5.74) is 0.995. The van der Waals surface area contributed by atoms with Crippen molar-refractivity contribution in [3.05, 3.63) is 47.3 Å². The zero-order valence-electron chi connectivity index (χ0n) is 13.2. The van der Waals surface area contributed by atoms with Gasteiger partial charge in [0.1, 0.15) is 11.6 Å². The van der Waals surface area contributed by atoms with E-state index < -0.39 is 17.6 Å². The molecule has 2 atom stereocenters. The number of nitrogens with zero attached hydrogens (tertiary/aromatic N) is 4. The number of hydrogen-bond donors (Lipinski definition) is 1. The highest BCUT2D eigenvalue weighted by Crippen LogP contribution is 2.34. The van der Waals surface area contributed by atoms with Gasteiger partial charge in [0.2, 0.25) is 0 Å². The van der Waals surface area contributed by atoms with E-state index >= 15 is 0 Å². The number of aryl methyl sites for hydroxylation is 1. The van der Waals surface area contributed by atoms with E-state index in [0.717, 1.165) is 17.8 Å². The molecule has 1 saturated heterocycles. The summed E-state index contributed by atoms with van der Waals surface area (Å²) in [4.78, 5) is 13.1. The Labute approximate surface area is 137 Å². The molecule has 1 aliphatic rings. The Hall–Kier alpha value is -2.35. The third-order valence-corrected chi connectivity index (χ3v) is 4.36. The predicted molar refractivity (Wildman–Crippen MR) is 81.1 cm³/mol. The van der Waals surface area contributed by atoms with Crippen LogP contribution < -0.4 is 0 Å². The molecule has 8 heteroatoms. The van der Waals surface area contributed by atoms with Gasteiger partial charge in [-0.05, 0) is 24.1 Å². The van der Waals surface area contributed by atoms with Gasteiger partial charge in [0, 0.05) is 44.4 Å². The number of halogens is 2. The normalized spacial score (nSPS) is 21.3. The largest absolute Gasteiger partial charge is 0.481 e. The Kier molecular flexibility index (Phi) is 4.57. The van der Waals surface area contributed by atoms with Crippen LogP contribution in [0.1, 0.15) is 23.6 Å². The molecular formula is C16H18F2N4O2. The van der Waals surface area contributed by atoms with Crippen LogP contribution in [0.3, 0.4) is 0 Å². The van der Waals surface area contributed by atoms with Crippen molar-refractivity contribution in [3.63, 3.8) is 0 Å². The van der Waals surface area contributed by atoms with Gasteiger partial charge in [0.15, 0.2) is 0 Å². The van der Waals surface area contributed by atoms with Crippen LogP contribution in [-0.2, 0) is 18.4 Å². The lowest BCUT2D eigenvalue weighted by Gasteiger charge is -2.16. The van der Waals surface area contributed by atoms with E-state index in [4.69, 9.17) is 5.11 Å². The Bertz CT molecular complexity index is 749. The average molecular weight is 336 g/mol. The molecule has 3 rings (SSSR count). The second-order valence-corrected chi connectivity index (χ2v) is 6.21. The first-order chi connectivity index (χ1) is 11.4. The molecule has 0 saturated carbocycles. The molecule has 0 aliphatic carbocycles. The highest BCUT2D eigenvalue weighted by atomic mass is 19.1. The molecule has 1 aliphatic heterocycles. The fourth-order valence-corrected chi connectivity index (χ4v) is 3.30. The third-order valence-electron chi connectivity index (χ3n) is 4.36. The summed E-state index contributed by atoms with van der Waals surface area (Å²) in [6.45, 7) is 1.26. The van der Waals surface area contributed by atoms with Crippen molar-refractivity contribution in [3.8, 4) is 0 Å². The van der Waals surface area contributed by atoms with E-state index in [1.54, 1.807) is 17.9 Å². The smallest absolute Gasteiger partial charge is 0.303 e. The lowest BCUT2D eigenvalue weighted by molar-refractivity contribution is -0.138. The van der Waals surface area contributed by atoms with Gasteiger partial charge in [-0.2, -0.15) is 0 Å². The van der Waals surface area contributed by atoms with Crippen LogP contribution in [0.2, 0.25) is 0 Å². The zero-order valence-corrected chi connectivity index (χ0v) is 13.2. The second-order valence-electron chi connectivity index (χ2n) is 6.21. The van der Waals surface area contributed by atoms with Gasteiger partial charge in [-0.15, -0.1) is 5.10 Å². The molecule has 1 aromatic carbocycles. The minimum absolute atomic E-state index is 0.00335. The molecule has 0 amide bonds. The summed E-state index contributed by atoms with van der Waals surface area (Å²) < 4.78 is 28.7. The first kappa shape index (κ1) is 16.5. The standard InChI is InChI=1S/C16H18F2N4O2/c1-21-9-15(19-20-21)13-8-22(6-10(13)5-16(23)24)7-11-4-12(17)2-3-14(11)18/h2-4,9-10,13H,5-8H2,1H3,(H,23,24)/t10-,13+/m1/s1. The van der Waals surface area contributed by atoms with Crippen LogP contribution in [0.15, 0.2) is 24.4 Å². The van der Waals surface area contributed by atoms with Crippen molar-refractivity contribution in [1.29, 1.82) is 0 Å². The summed E-state index contributed by atoms with van der Waals surface area (Å²) in [6, 6.07) is 3.37. The molecular weight excluding hydrogens is 318 g/mol. The Balaban J connectivity index is 1.78. The summed E-state index contributed by atoms with van der Waals surface area (Å²) in [6.07, 6.45) is 1.77. The number of likely N-dealkylation sites (tertiary alicyclic amines) is 1. The molecule has 128 valence electrons. The zero-order chi connectivity index (χ0) is 17.3. The van der Waals surface area contributed by atoms with E-state index in [2.05, 4.69) is 10.3 Å². The molecule has 6 nitrogen and oxygen atoms in total. The van der Waals surface area contributed by atoms with E-state index in [9.17, 15) is 13.6 Å². The maximum atomic E-state index is 13.8. The van der Waals surface area contributed by atoms with Gasteiger partial charge < -0.3 is 5.11 Å². The number of benzene rings is 1. The van der Waals surface area contributed by atoms with E-state index in [-0.39, 0.29) is 30.4 Å². The van der Waals surface area contributed by atoms with Gasteiger partial charge in [0.25, 0.3) is 0 Å². The highest BCUT2D eigenvalue weighted by Gasteiger charge is 2.36. The van der Waals surface area contributed by atoms with Gasteiger partial charge in [-0.25, -0.2) is 8.78 Å². The Morgan fingerprint density at radius 3 is 2.83 bits per heavy atom. The maximum Gasteiger partial charge on any atom is 0.303 e. The van der Waals surface area contributed by atoms with Gasteiger partial charge in [0.05, 0.1) is 12.1 Å². The number of carbonyl (C=O) groups is 1. The highest BCUT2D eigenvalue weighted by molar-refractivity contribution is 5.67. The molecule has 1 fully saturated rings. The Morgan fingerprint density at radius 1 is 1.38 bits per heavy atom. The molecule has 1 aromatic heterocycles. The van der Waals surface area contributed by atoms with E-state index in [1.165, 1.54) is 6.07 Å². The van der Waals surface area contributed by atoms with Crippen molar-refractivity contribution >= 4 is 5.97 Å². The van der Waals surface area contributed by atoms with Crippen molar-refractivity contribution in [1.82, 2.24) is 19.9 Å². The van der Waals surface area contributed by atoms with E-state index in [1.807, 2.05) is 4.90 Å². The van der Waals surface area contributed by atoms with Crippen molar-refractivity contribution < 1.29 is 18.7 Å². The average Bonchev–Trinajstić information content (AvgIpc) is 3.09. The summed E-state index contributed by atoms with van der Waals surface area (Å²) in [5, 5.41) is 17.1. The lowest BCUT2D eigenvalue weighted by Crippen LogP contribution is -2.21. The fraction of sp³-hybridized carbons (Fsp3) is 0.438. The molecule has 2 aromatic rings. The number of carboxylic acids is 1. The van der Waals surface area contributed by atoms with Crippen LogP contribution in [0.5, 0.6) is 0 Å². The SMILES string of the molecule is Cn1cc([C@H]2CN(Cc3cc(F)ccc3F)C[C@H]2CC(=O)O)nn1. The second kappa shape index (κ2) is 6.64. The minimum atomic E-state index is -0.882. The fourth-order valence-electron chi connectivity index (χ4n) is 3.30. The van der Waals surface area contributed by atoms with Crippen LogP contribution in [-0.4, -0.2) is 44.1 Å². The number of aromatic nitrogens is 3. The molecule has 2 heterocycles. The van der Waals surface area contributed by atoms with Crippen LogP contribution in [0.4, 0.5) is 8.78 Å². The monoisotopic (exact) mass is 336 g/mol. The minimum Gasteiger partial charge on any atom is -0.481 e. The first-order valence-electron chi connectivity index (χ1n) is 7.66. The lowest BCUT2D eigenvalue weighted by atomic mass is 9.91. The molecule has 0 bridgehead atoms. The number of rotatable bonds is 5. The summed E-state index contributed by atoms with van der Waals surface area (Å²) >= 11 is 0. The molecule has 1 N–H and O–H groups in total. The maximum absolute atomic E-state index is 13.8. The third kappa shape index (κ3) is 3.59. The summed E-state index contributed by atoms with van der Waals surface area (Å²) in [5.74, 6) is -2.07. The summed E-state index contributed by atoms with van der Waals surface area (Å²) in [7, 11) is 1.75. The van der Waals surface area contributed by atoms with Gasteiger partial charge in [-0.3, -0.25) is 14.4 Å². The van der Waals surface area contributed by atoms with Gasteiger partial charge in [-0.1, -0.05) is 5.21 Å². The van der Waals surface area contributed by atoms with Crippen LogP contribution >= 0.6 is 0 Å². The molecule has 0 radical (unpaired) electrons. The number of carboxylic acid groups (broad SMARTS) is 1. The topological polar surface area (TPSA) is 71.2 Å². The van der Waals surface area contributed by atoms with Crippen molar-refractivity contribution in [2.24, 2.45) is 13.0 Å². The number of hydrogen-bond acceptors (Lipinski definition) is 4. The first-order valence-corrected chi connectivity index (χ1v) is 7.66. The predicted octanol–water partition coefficient (Wildman–Crippen LogP) is 1.78. The Morgan fingerprint density at radius 2 is 2.17 bits per heavy atom. The molecule has 24 heavy (non-hydrogen) atoms.